The maximum Gasteiger partial charge on any atom is 0.0840 e. The number of aliphatic hydroxyl groups is 1. The monoisotopic (exact) mass is 447 g/mol. The lowest BCUT2D eigenvalue weighted by Gasteiger charge is -2.20. The van der Waals surface area contributed by atoms with Gasteiger partial charge in [-0.25, -0.2) is 4.98 Å². The molecule has 1 unspecified atom stereocenters. The minimum Gasteiger partial charge on any atom is -0.386 e. The second-order valence-electron chi connectivity index (χ2n) is 8.12. The fraction of sp³-hybridized carbons (Fsp3) is 0.148. The fourth-order valence-electron chi connectivity index (χ4n) is 3.47. The molecule has 0 spiro atoms. The third kappa shape index (κ3) is 5.16. The number of halogens is 2. The third-order valence-corrected chi connectivity index (χ3v) is 5.95. The quantitative estimate of drug-likeness (QED) is 0.319. The Morgan fingerprint density at radius 1 is 0.871 bits per heavy atom. The SMILES string of the molecule is CC(C)(O)c1cccc(C(Cl)c2cccc(C=Cc3ccc4ccc(Cl)cc4n3)c2)c1. The Kier molecular flexibility index (Phi) is 6.15. The Labute approximate surface area is 192 Å². The van der Waals surface area contributed by atoms with Crippen LogP contribution in [0.5, 0.6) is 0 Å². The zero-order chi connectivity index (χ0) is 22.0. The van der Waals surface area contributed by atoms with Crippen molar-refractivity contribution in [1.29, 1.82) is 0 Å². The summed E-state index contributed by atoms with van der Waals surface area (Å²) in [5.74, 6) is 0. The van der Waals surface area contributed by atoms with E-state index < -0.39 is 5.60 Å². The van der Waals surface area contributed by atoms with Crippen molar-refractivity contribution < 1.29 is 5.11 Å². The second-order valence-corrected chi connectivity index (χ2v) is 9.00. The van der Waals surface area contributed by atoms with Crippen molar-refractivity contribution in [3.05, 3.63) is 112 Å². The van der Waals surface area contributed by atoms with Gasteiger partial charge in [-0.2, -0.15) is 0 Å². The second kappa shape index (κ2) is 8.84. The van der Waals surface area contributed by atoms with Crippen molar-refractivity contribution in [3.63, 3.8) is 0 Å². The average molecular weight is 448 g/mol. The molecule has 0 saturated heterocycles. The number of alkyl halides is 1. The summed E-state index contributed by atoms with van der Waals surface area (Å²) in [6.07, 6.45) is 4.01. The molecular formula is C27H23Cl2NO. The van der Waals surface area contributed by atoms with Gasteiger partial charge in [0.05, 0.1) is 22.2 Å². The van der Waals surface area contributed by atoms with Crippen LogP contribution in [0.1, 0.15) is 47.2 Å². The summed E-state index contributed by atoms with van der Waals surface area (Å²) in [5, 5.41) is 11.7. The van der Waals surface area contributed by atoms with Crippen LogP contribution < -0.4 is 0 Å². The zero-order valence-electron chi connectivity index (χ0n) is 17.4. The Morgan fingerprint density at radius 3 is 2.35 bits per heavy atom. The van der Waals surface area contributed by atoms with Crippen LogP contribution >= 0.6 is 23.2 Å². The van der Waals surface area contributed by atoms with E-state index in [-0.39, 0.29) is 5.38 Å². The van der Waals surface area contributed by atoms with E-state index in [9.17, 15) is 5.11 Å². The van der Waals surface area contributed by atoms with E-state index in [0.717, 1.165) is 38.9 Å². The zero-order valence-corrected chi connectivity index (χ0v) is 18.9. The van der Waals surface area contributed by atoms with E-state index in [1.807, 2.05) is 84.9 Å². The lowest BCUT2D eigenvalue weighted by molar-refractivity contribution is 0.0785. The summed E-state index contributed by atoms with van der Waals surface area (Å²) in [4.78, 5) is 4.67. The number of hydrogen-bond donors (Lipinski definition) is 1. The molecular weight excluding hydrogens is 425 g/mol. The average Bonchev–Trinajstić information content (AvgIpc) is 2.76. The van der Waals surface area contributed by atoms with E-state index in [2.05, 4.69) is 11.1 Å². The van der Waals surface area contributed by atoms with E-state index >= 15 is 0 Å². The smallest absolute Gasteiger partial charge is 0.0840 e. The highest BCUT2D eigenvalue weighted by Gasteiger charge is 2.18. The molecule has 1 aromatic heterocycles. The minimum absolute atomic E-state index is 0.309. The molecule has 0 aliphatic rings. The molecule has 0 fully saturated rings. The van der Waals surface area contributed by atoms with Gasteiger partial charge in [-0.05, 0) is 66.4 Å². The highest BCUT2D eigenvalue weighted by atomic mass is 35.5. The van der Waals surface area contributed by atoms with Crippen molar-refractivity contribution in [2.24, 2.45) is 0 Å². The van der Waals surface area contributed by atoms with Gasteiger partial charge in [0.25, 0.3) is 0 Å². The molecule has 4 rings (SSSR count). The van der Waals surface area contributed by atoms with Crippen molar-refractivity contribution >= 4 is 46.3 Å². The van der Waals surface area contributed by atoms with Crippen LogP contribution in [0.4, 0.5) is 0 Å². The molecule has 0 bridgehead atoms. The predicted molar refractivity (Wildman–Crippen MR) is 132 cm³/mol. The topological polar surface area (TPSA) is 33.1 Å². The molecule has 156 valence electrons. The van der Waals surface area contributed by atoms with Crippen LogP contribution in [0.25, 0.3) is 23.1 Å². The third-order valence-electron chi connectivity index (χ3n) is 5.21. The molecule has 0 aliphatic carbocycles. The van der Waals surface area contributed by atoms with Crippen LogP contribution in [0.15, 0.2) is 78.9 Å². The number of rotatable bonds is 5. The number of benzene rings is 3. The number of hydrogen-bond acceptors (Lipinski definition) is 2. The first-order valence-electron chi connectivity index (χ1n) is 10.1. The molecule has 1 atom stereocenters. The predicted octanol–water partition coefficient (Wildman–Crippen LogP) is 7.61. The molecule has 31 heavy (non-hydrogen) atoms. The Morgan fingerprint density at radius 2 is 1.58 bits per heavy atom. The normalized spacial score (nSPS) is 13.1. The summed E-state index contributed by atoms with van der Waals surface area (Å²) in [6.45, 7) is 3.55. The highest BCUT2D eigenvalue weighted by Crippen LogP contribution is 2.32. The standard InChI is InChI=1S/C27H23Cl2NO/c1-27(2,31)22-8-4-7-21(16-22)26(29)20-6-3-5-18(15-20)9-13-24-14-11-19-10-12-23(28)17-25(19)30-24/h3-17,26,31H,1-2H3. The summed E-state index contributed by atoms with van der Waals surface area (Å²) in [5.41, 5.74) is 4.65. The largest absolute Gasteiger partial charge is 0.386 e. The van der Waals surface area contributed by atoms with Gasteiger partial charge >= 0.3 is 0 Å². The molecule has 0 saturated carbocycles. The molecule has 3 aromatic carbocycles. The number of fused-ring (bicyclic) bond motifs is 1. The van der Waals surface area contributed by atoms with E-state index in [4.69, 9.17) is 23.2 Å². The summed E-state index contributed by atoms with van der Waals surface area (Å²) >= 11 is 12.9. The number of aromatic nitrogens is 1. The molecule has 0 aliphatic heterocycles. The summed E-state index contributed by atoms with van der Waals surface area (Å²) in [7, 11) is 0. The Bertz CT molecular complexity index is 1260. The number of pyridine rings is 1. The molecule has 4 aromatic rings. The van der Waals surface area contributed by atoms with Crippen LogP contribution in [-0.2, 0) is 5.60 Å². The first-order chi connectivity index (χ1) is 14.8. The van der Waals surface area contributed by atoms with Gasteiger partial charge in [0.1, 0.15) is 0 Å². The van der Waals surface area contributed by atoms with E-state index in [1.54, 1.807) is 13.8 Å². The minimum atomic E-state index is -0.908. The van der Waals surface area contributed by atoms with Crippen LogP contribution in [0.3, 0.4) is 0 Å². The lowest BCUT2D eigenvalue weighted by Crippen LogP contribution is -2.15. The summed E-state index contributed by atoms with van der Waals surface area (Å²) < 4.78 is 0. The Hall–Kier alpha value is -2.65. The number of nitrogens with zero attached hydrogens (tertiary/aromatic N) is 1. The van der Waals surface area contributed by atoms with Gasteiger partial charge in [-0.1, -0.05) is 72.3 Å². The van der Waals surface area contributed by atoms with Gasteiger partial charge < -0.3 is 5.11 Å². The maximum absolute atomic E-state index is 10.3. The van der Waals surface area contributed by atoms with Crippen LogP contribution in [0.2, 0.25) is 5.02 Å². The van der Waals surface area contributed by atoms with Gasteiger partial charge in [0.2, 0.25) is 0 Å². The van der Waals surface area contributed by atoms with Crippen molar-refractivity contribution in [2.45, 2.75) is 24.8 Å². The first kappa shape index (κ1) is 21.6. The molecule has 2 nitrogen and oxygen atoms in total. The molecule has 1 N–H and O–H groups in total. The van der Waals surface area contributed by atoms with Gasteiger partial charge in [0, 0.05) is 10.4 Å². The van der Waals surface area contributed by atoms with Crippen molar-refractivity contribution in [1.82, 2.24) is 4.98 Å². The van der Waals surface area contributed by atoms with Crippen molar-refractivity contribution in [2.75, 3.05) is 0 Å². The highest BCUT2D eigenvalue weighted by molar-refractivity contribution is 6.31. The molecule has 1 heterocycles. The van der Waals surface area contributed by atoms with Gasteiger partial charge in [-0.3, -0.25) is 0 Å². The van der Waals surface area contributed by atoms with Crippen molar-refractivity contribution in [3.8, 4) is 0 Å². The van der Waals surface area contributed by atoms with E-state index in [1.165, 1.54) is 0 Å². The lowest BCUT2D eigenvalue weighted by atomic mass is 9.94. The maximum atomic E-state index is 10.3. The molecule has 0 amide bonds. The summed E-state index contributed by atoms with van der Waals surface area (Å²) in [6, 6.07) is 25.6. The van der Waals surface area contributed by atoms with Crippen LogP contribution in [0, 0.1) is 0 Å². The molecule has 4 heteroatoms. The van der Waals surface area contributed by atoms with Gasteiger partial charge in [-0.15, -0.1) is 11.6 Å². The molecule has 0 radical (unpaired) electrons. The first-order valence-corrected chi connectivity index (χ1v) is 10.9. The van der Waals surface area contributed by atoms with E-state index in [0.29, 0.717) is 5.02 Å². The van der Waals surface area contributed by atoms with Gasteiger partial charge in [0.15, 0.2) is 0 Å². The van der Waals surface area contributed by atoms with Crippen LogP contribution in [-0.4, -0.2) is 10.1 Å². The fourth-order valence-corrected chi connectivity index (χ4v) is 3.91. The Balaban J connectivity index is 1.58.